The van der Waals surface area contributed by atoms with E-state index in [1.165, 1.54) is 0 Å². The molecule has 32 heavy (non-hydrogen) atoms. The number of hydrogen-bond acceptors (Lipinski definition) is 6. The van der Waals surface area contributed by atoms with E-state index >= 15 is 0 Å². The maximum Gasteiger partial charge on any atom is 0.311 e. The van der Waals surface area contributed by atoms with Crippen LogP contribution in [0, 0.1) is 5.41 Å². The van der Waals surface area contributed by atoms with Gasteiger partial charge in [-0.1, -0.05) is 36.4 Å². The SMILES string of the molecule is CC1(OCCC(CN)(CCOC2(C)C=c3ccccc3=N2)C(=O)O)C=c2ccccc2=N1. The standard InChI is InChI=1S/C25H29N3O4/c1-23(15-18-7-3-5-9-20(18)27-23)31-13-11-25(17-26,22(29)30)12-14-32-24(2)16-19-8-4-6-10-21(19)28-24/h3-10,15-16H,11-14,17,26H2,1-2H3,(H,29,30). The van der Waals surface area contributed by atoms with Crippen LogP contribution in [0.2, 0.25) is 0 Å². The van der Waals surface area contributed by atoms with Crippen molar-refractivity contribution in [3.8, 4) is 0 Å². The molecule has 0 spiro atoms. The van der Waals surface area contributed by atoms with Gasteiger partial charge in [0.15, 0.2) is 11.4 Å². The van der Waals surface area contributed by atoms with E-state index in [0.29, 0.717) is 0 Å². The lowest BCUT2D eigenvalue weighted by molar-refractivity contribution is -0.152. The third-order valence-electron chi connectivity index (χ3n) is 6.20. The Morgan fingerprint density at radius 3 is 1.72 bits per heavy atom. The Hall–Kier alpha value is -2.87. The third-order valence-corrected chi connectivity index (χ3v) is 6.20. The van der Waals surface area contributed by atoms with E-state index in [1.807, 2.05) is 74.5 Å². The van der Waals surface area contributed by atoms with Crippen molar-refractivity contribution in [2.45, 2.75) is 38.1 Å². The second kappa shape index (κ2) is 8.58. The highest BCUT2D eigenvalue weighted by Gasteiger charge is 2.38. The van der Waals surface area contributed by atoms with Crippen molar-refractivity contribution in [3.05, 3.63) is 69.7 Å². The second-order valence-corrected chi connectivity index (χ2v) is 8.73. The highest BCUT2D eigenvalue weighted by molar-refractivity contribution is 5.75. The number of benzene rings is 2. The molecule has 168 valence electrons. The van der Waals surface area contributed by atoms with Gasteiger partial charge in [-0.3, -0.25) is 4.79 Å². The Morgan fingerprint density at radius 1 is 0.906 bits per heavy atom. The third kappa shape index (κ3) is 4.50. The van der Waals surface area contributed by atoms with E-state index in [2.05, 4.69) is 9.98 Å². The van der Waals surface area contributed by atoms with Crippen LogP contribution in [0.1, 0.15) is 26.7 Å². The van der Waals surface area contributed by atoms with Gasteiger partial charge in [0.25, 0.3) is 0 Å². The number of para-hydroxylation sites is 2. The van der Waals surface area contributed by atoms with E-state index in [0.717, 1.165) is 21.2 Å². The number of carboxylic acids is 1. The molecular weight excluding hydrogens is 406 g/mol. The van der Waals surface area contributed by atoms with Gasteiger partial charge in [-0.05, 0) is 51.0 Å². The molecule has 0 amide bonds. The zero-order valence-electron chi connectivity index (χ0n) is 18.5. The number of ether oxygens (including phenoxy) is 2. The van der Waals surface area contributed by atoms with E-state index in [-0.39, 0.29) is 32.6 Å². The van der Waals surface area contributed by atoms with Crippen molar-refractivity contribution in [2.75, 3.05) is 19.8 Å². The molecule has 2 aromatic carbocycles. The first kappa shape index (κ1) is 22.3. The van der Waals surface area contributed by atoms with Crippen LogP contribution in [0.4, 0.5) is 0 Å². The molecule has 0 bridgehead atoms. The predicted molar refractivity (Wildman–Crippen MR) is 120 cm³/mol. The van der Waals surface area contributed by atoms with E-state index in [1.54, 1.807) is 0 Å². The largest absolute Gasteiger partial charge is 0.481 e. The average Bonchev–Trinajstić information content (AvgIpc) is 3.27. The van der Waals surface area contributed by atoms with Gasteiger partial charge in [0.2, 0.25) is 0 Å². The molecule has 2 heterocycles. The van der Waals surface area contributed by atoms with Crippen molar-refractivity contribution in [3.63, 3.8) is 0 Å². The molecule has 0 fully saturated rings. The van der Waals surface area contributed by atoms with E-state index in [4.69, 9.17) is 15.2 Å². The minimum atomic E-state index is -1.15. The molecule has 2 aromatic rings. The number of hydrogen-bond donors (Lipinski definition) is 2. The van der Waals surface area contributed by atoms with Gasteiger partial charge in [-0.2, -0.15) is 0 Å². The molecule has 0 saturated carbocycles. The van der Waals surface area contributed by atoms with Gasteiger partial charge in [-0.25, -0.2) is 9.98 Å². The normalized spacial score (nSPS) is 24.8. The van der Waals surface area contributed by atoms with Crippen LogP contribution in [0.3, 0.4) is 0 Å². The molecule has 2 aliphatic heterocycles. The van der Waals surface area contributed by atoms with Crippen LogP contribution in [0.5, 0.6) is 0 Å². The van der Waals surface area contributed by atoms with Gasteiger partial charge >= 0.3 is 5.97 Å². The van der Waals surface area contributed by atoms with Gasteiger partial charge in [0.1, 0.15) is 0 Å². The van der Waals surface area contributed by atoms with E-state index in [9.17, 15) is 9.90 Å². The molecule has 0 aliphatic carbocycles. The summed E-state index contributed by atoms with van der Waals surface area (Å²) in [6.07, 6.45) is 4.42. The Morgan fingerprint density at radius 2 is 1.34 bits per heavy atom. The summed E-state index contributed by atoms with van der Waals surface area (Å²) in [5, 5.41) is 13.7. The molecule has 4 rings (SSSR count). The Balaban J connectivity index is 1.38. The molecule has 0 saturated heterocycles. The first-order valence-corrected chi connectivity index (χ1v) is 10.8. The summed E-state index contributed by atoms with van der Waals surface area (Å²) in [6, 6.07) is 15.6. The average molecular weight is 436 g/mol. The van der Waals surface area contributed by atoms with Gasteiger partial charge in [0, 0.05) is 17.0 Å². The summed E-state index contributed by atoms with van der Waals surface area (Å²) in [5.74, 6) is -0.950. The van der Waals surface area contributed by atoms with Gasteiger partial charge in [0.05, 0.1) is 29.3 Å². The lowest BCUT2D eigenvalue weighted by Gasteiger charge is -2.30. The minimum Gasteiger partial charge on any atom is -0.481 e. The highest BCUT2D eigenvalue weighted by atomic mass is 16.5. The zero-order chi connectivity index (χ0) is 22.8. The maximum atomic E-state index is 12.2. The molecule has 0 radical (unpaired) electrons. The second-order valence-electron chi connectivity index (χ2n) is 8.73. The summed E-state index contributed by atoms with van der Waals surface area (Å²) in [7, 11) is 0. The molecule has 2 unspecified atom stereocenters. The number of carboxylic acid groups (broad SMARTS) is 1. The number of carbonyl (C=O) groups is 1. The van der Waals surface area contributed by atoms with Crippen molar-refractivity contribution in [1.29, 1.82) is 0 Å². The van der Waals surface area contributed by atoms with Crippen LogP contribution in [-0.4, -0.2) is 42.3 Å². The number of nitrogens with two attached hydrogens (primary N) is 1. The molecule has 0 aromatic heterocycles. The smallest absolute Gasteiger partial charge is 0.311 e. The van der Waals surface area contributed by atoms with Crippen molar-refractivity contribution < 1.29 is 19.4 Å². The summed E-state index contributed by atoms with van der Waals surface area (Å²) < 4.78 is 12.0. The van der Waals surface area contributed by atoms with Crippen LogP contribution >= 0.6 is 0 Å². The molecular formula is C25H29N3O4. The summed E-state index contributed by atoms with van der Waals surface area (Å²) in [4.78, 5) is 21.4. The fourth-order valence-electron chi connectivity index (χ4n) is 4.23. The number of rotatable bonds is 10. The van der Waals surface area contributed by atoms with Crippen molar-refractivity contribution >= 4 is 18.1 Å². The first-order valence-electron chi connectivity index (χ1n) is 10.8. The van der Waals surface area contributed by atoms with Gasteiger partial charge < -0.3 is 20.3 Å². The van der Waals surface area contributed by atoms with Crippen LogP contribution in [0.15, 0.2) is 58.5 Å². The van der Waals surface area contributed by atoms with E-state index < -0.39 is 22.8 Å². The molecule has 3 N–H and O–H groups in total. The van der Waals surface area contributed by atoms with Crippen LogP contribution < -0.4 is 26.9 Å². The Bertz CT molecular complexity index is 1100. The number of fused-ring (bicyclic) bond motifs is 2. The molecule has 7 nitrogen and oxygen atoms in total. The maximum absolute atomic E-state index is 12.2. The summed E-state index contributed by atoms with van der Waals surface area (Å²) in [5.41, 5.74) is 3.18. The summed E-state index contributed by atoms with van der Waals surface area (Å²) in [6.45, 7) is 4.17. The Kier molecular flexibility index (Phi) is 5.99. The monoisotopic (exact) mass is 435 g/mol. The molecule has 2 atom stereocenters. The lowest BCUT2D eigenvalue weighted by atomic mass is 9.81. The molecule has 2 aliphatic rings. The van der Waals surface area contributed by atoms with Crippen LogP contribution in [0.25, 0.3) is 12.2 Å². The first-order chi connectivity index (χ1) is 15.3. The fraction of sp³-hybridized carbons (Fsp3) is 0.400. The van der Waals surface area contributed by atoms with Gasteiger partial charge in [-0.15, -0.1) is 0 Å². The minimum absolute atomic E-state index is 0.00928. The predicted octanol–water partition coefficient (Wildman–Crippen LogP) is 0.490. The van der Waals surface area contributed by atoms with Crippen LogP contribution in [-0.2, 0) is 14.3 Å². The Labute approximate surface area is 186 Å². The zero-order valence-corrected chi connectivity index (χ0v) is 18.5. The quantitative estimate of drug-likeness (QED) is 0.565. The number of aliphatic carboxylic acids is 1. The fourth-order valence-corrected chi connectivity index (χ4v) is 4.23. The van der Waals surface area contributed by atoms with Crippen molar-refractivity contribution in [1.82, 2.24) is 0 Å². The lowest BCUT2D eigenvalue weighted by Crippen LogP contribution is -2.42. The highest BCUT2D eigenvalue weighted by Crippen LogP contribution is 2.29. The number of nitrogens with zero attached hydrogens (tertiary/aromatic N) is 2. The van der Waals surface area contributed by atoms with Crippen molar-refractivity contribution in [2.24, 2.45) is 21.1 Å². The molecule has 7 heteroatoms. The summed E-state index contributed by atoms with van der Waals surface area (Å²) >= 11 is 0. The topological polar surface area (TPSA) is 106 Å².